The lowest BCUT2D eigenvalue weighted by atomic mass is 9.98. The highest BCUT2D eigenvalue weighted by Crippen LogP contribution is 2.44. The molecule has 0 radical (unpaired) electrons. The number of carboxylic acid groups (broad SMARTS) is 1. The Morgan fingerprint density at radius 2 is 1.71 bits per heavy atom. The molecule has 0 unspecified atom stereocenters. The summed E-state index contributed by atoms with van der Waals surface area (Å²) in [5.41, 5.74) is 4.62. The van der Waals surface area contributed by atoms with Gasteiger partial charge in [-0.05, 0) is 35.1 Å². The van der Waals surface area contributed by atoms with Crippen molar-refractivity contribution in [2.45, 2.75) is 31.2 Å². The largest absolute Gasteiger partial charge is 0.481 e. The molecule has 9 nitrogen and oxygen atoms in total. The number of carbonyl (C=O) groups excluding carboxylic acids is 2. The normalized spacial score (nSPS) is 18.5. The molecule has 0 aliphatic heterocycles. The molecule has 2 aromatic carbocycles. The number of ether oxygens (including phenoxy) is 1. The molecule has 1 fully saturated rings. The first kappa shape index (κ1) is 22.6. The lowest BCUT2D eigenvalue weighted by Crippen LogP contribution is -2.40. The molecule has 3 aromatic rings. The fourth-order valence-corrected chi connectivity index (χ4v) is 5.15. The van der Waals surface area contributed by atoms with Crippen molar-refractivity contribution in [1.82, 2.24) is 15.1 Å². The second kappa shape index (κ2) is 9.25. The van der Waals surface area contributed by atoms with E-state index < -0.39 is 29.9 Å². The van der Waals surface area contributed by atoms with Gasteiger partial charge in [0.05, 0.1) is 5.92 Å². The van der Waals surface area contributed by atoms with E-state index >= 15 is 0 Å². The van der Waals surface area contributed by atoms with Gasteiger partial charge in [-0.2, -0.15) is 5.10 Å². The van der Waals surface area contributed by atoms with Crippen LogP contribution < -0.4 is 10.6 Å². The lowest BCUT2D eigenvalue weighted by Gasteiger charge is -2.17. The maximum atomic E-state index is 12.9. The molecule has 1 saturated carbocycles. The molecule has 0 bridgehead atoms. The van der Waals surface area contributed by atoms with Gasteiger partial charge < -0.3 is 15.2 Å². The van der Waals surface area contributed by atoms with E-state index in [0.717, 1.165) is 28.7 Å². The summed E-state index contributed by atoms with van der Waals surface area (Å²) in [6.45, 7) is 0.136. The van der Waals surface area contributed by atoms with Crippen molar-refractivity contribution >= 4 is 23.8 Å². The van der Waals surface area contributed by atoms with Crippen molar-refractivity contribution < 1.29 is 24.2 Å². The molecule has 9 heteroatoms. The van der Waals surface area contributed by atoms with Crippen LogP contribution in [0.4, 0.5) is 10.6 Å². The van der Waals surface area contributed by atoms with Crippen LogP contribution in [-0.4, -0.2) is 45.5 Å². The van der Waals surface area contributed by atoms with E-state index in [9.17, 15) is 19.5 Å². The molecule has 1 aromatic heterocycles. The molecule has 35 heavy (non-hydrogen) atoms. The number of aryl methyl sites for hydroxylation is 1. The number of anilines is 1. The number of hydrogen-bond acceptors (Lipinski definition) is 5. The van der Waals surface area contributed by atoms with Crippen molar-refractivity contribution in [3.8, 4) is 11.1 Å². The first-order valence-electron chi connectivity index (χ1n) is 11.6. The summed E-state index contributed by atoms with van der Waals surface area (Å²) in [7, 11) is 1.63. The standard InChI is InChI=1S/C26H26N4O5/c1-30-13-20(24(31)27-22-12-6-11-19(22)25(32)33)23(29-30)28-26(34)35-14-21-17-9-4-2-7-15(17)16-8-3-5-10-18(16)21/h2-5,7-10,13,19,21-22H,6,11-12,14H2,1H3,(H,27,31)(H,32,33)(H,28,29,34)/t19-,22+/m1/s1. The Labute approximate surface area is 202 Å². The molecule has 1 heterocycles. The van der Waals surface area contributed by atoms with Gasteiger partial charge in [-0.3, -0.25) is 19.6 Å². The van der Waals surface area contributed by atoms with Gasteiger partial charge in [0, 0.05) is 25.2 Å². The van der Waals surface area contributed by atoms with Gasteiger partial charge >= 0.3 is 12.1 Å². The van der Waals surface area contributed by atoms with Crippen molar-refractivity contribution in [2.75, 3.05) is 11.9 Å². The van der Waals surface area contributed by atoms with E-state index in [1.54, 1.807) is 7.05 Å². The minimum atomic E-state index is -0.920. The third-order valence-corrected chi connectivity index (χ3v) is 6.79. The number of benzene rings is 2. The first-order valence-corrected chi connectivity index (χ1v) is 11.6. The number of rotatable bonds is 6. The number of hydrogen-bond donors (Lipinski definition) is 3. The van der Waals surface area contributed by atoms with Crippen LogP contribution in [0.1, 0.15) is 46.7 Å². The zero-order chi connectivity index (χ0) is 24.5. The van der Waals surface area contributed by atoms with E-state index in [1.165, 1.54) is 10.9 Å². The van der Waals surface area contributed by atoms with E-state index in [-0.39, 0.29) is 23.9 Å². The van der Waals surface area contributed by atoms with Gasteiger partial charge in [0.25, 0.3) is 5.91 Å². The first-order chi connectivity index (χ1) is 16.9. The molecule has 180 valence electrons. The fraction of sp³-hybridized carbons (Fsp3) is 0.308. The molecule has 2 amide bonds. The second-order valence-corrected chi connectivity index (χ2v) is 8.97. The smallest absolute Gasteiger partial charge is 0.412 e. The van der Waals surface area contributed by atoms with Crippen molar-refractivity contribution in [1.29, 1.82) is 0 Å². The van der Waals surface area contributed by atoms with Crippen LogP contribution in [0.15, 0.2) is 54.7 Å². The topological polar surface area (TPSA) is 123 Å². The highest BCUT2D eigenvalue weighted by atomic mass is 16.5. The van der Waals surface area contributed by atoms with Crippen molar-refractivity contribution in [2.24, 2.45) is 13.0 Å². The summed E-state index contributed by atoms with van der Waals surface area (Å²) >= 11 is 0. The van der Waals surface area contributed by atoms with Crippen LogP contribution in [0.25, 0.3) is 11.1 Å². The Morgan fingerprint density at radius 3 is 2.37 bits per heavy atom. The highest BCUT2D eigenvalue weighted by molar-refractivity contribution is 6.01. The van der Waals surface area contributed by atoms with E-state index in [1.807, 2.05) is 36.4 Å². The second-order valence-electron chi connectivity index (χ2n) is 8.97. The number of aliphatic carboxylic acids is 1. The Hall–Kier alpha value is -4.14. The summed E-state index contributed by atoms with van der Waals surface area (Å²) in [5.74, 6) is -2.04. The predicted molar refractivity (Wildman–Crippen MR) is 128 cm³/mol. The fourth-order valence-electron chi connectivity index (χ4n) is 5.15. The Kier molecular flexibility index (Phi) is 5.98. The van der Waals surface area contributed by atoms with Gasteiger partial charge in [0.2, 0.25) is 0 Å². The van der Waals surface area contributed by atoms with Crippen LogP contribution in [0.2, 0.25) is 0 Å². The maximum Gasteiger partial charge on any atom is 0.412 e. The third-order valence-electron chi connectivity index (χ3n) is 6.79. The zero-order valence-corrected chi connectivity index (χ0v) is 19.2. The monoisotopic (exact) mass is 474 g/mol. The van der Waals surface area contributed by atoms with Gasteiger partial charge in [-0.25, -0.2) is 4.79 Å². The zero-order valence-electron chi connectivity index (χ0n) is 19.2. The summed E-state index contributed by atoms with van der Waals surface area (Å²) in [4.78, 5) is 37.0. The van der Waals surface area contributed by atoms with Crippen molar-refractivity contribution in [3.63, 3.8) is 0 Å². The van der Waals surface area contributed by atoms with E-state index in [2.05, 4.69) is 27.9 Å². The van der Waals surface area contributed by atoms with Crippen LogP contribution >= 0.6 is 0 Å². The van der Waals surface area contributed by atoms with Crippen LogP contribution in [0.5, 0.6) is 0 Å². The highest BCUT2D eigenvalue weighted by Gasteiger charge is 2.35. The minimum Gasteiger partial charge on any atom is -0.481 e. The third kappa shape index (κ3) is 4.37. The number of amides is 2. The van der Waals surface area contributed by atoms with Crippen LogP contribution in [0.3, 0.4) is 0 Å². The average Bonchev–Trinajstić information content (AvgIpc) is 3.53. The van der Waals surface area contributed by atoms with E-state index in [4.69, 9.17) is 4.74 Å². The molecule has 0 saturated heterocycles. The molecule has 2 aliphatic carbocycles. The van der Waals surface area contributed by atoms with Gasteiger partial charge in [-0.15, -0.1) is 0 Å². The minimum absolute atomic E-state index is 0.0621. The predicted octanol–water partition coefficient (Wildman–Crippen LogP) is 3.76. The maximum absolute atomic E-state index is 12.9. The molecule has 2 aliphatic rings. The Balaban J connectivity index is 1.26. The summed E-state index contributed by atoms with van der Waals surface area (Å²) in [6.07, 6.45) is 2.62. The van der Waals surface area contributed by atoms with Crippen molar-refractivity contribution in [3.05, 3.63) is 71.4 Å². The number of carbonyl (C=O) groups is 3. The number of nitrogens with one attached hydrogen (secondary N) is 2. The molecule has 2 atom stereocenters. The Morgan fingerprint density at radius 1 is 1.06 bits per heavy atom. The molecule has 0 spiro atoms. The molecule has 5 rings (SSSR count). The molecule has 3 N–H and O–H groups in total. The number of carboxylic acids is 1. The molecular weight excluding hydrogens is 448 g/mol. The van der Waals surface area contributed by atoms with Gasteiger partial charge in [0.1, 0.15) is 12.2 Å². The van der Waals surface area contributed by atoms with Crippen LogP contribution in [0, 0.1) is 5.92 Å². The van der Waals surface area contributed by atoms with E-state index in [0.29, 0.717) is 12.8 Å². The SMILES string of the molecule is Cn1cc(C(=O)N[C@H]2CCC[C@H]2C(=O)O)c(NC(=O)OCC2c3ccccc3-c3ccccc32)n1. The summed E-state index contributed by atoms with van der Waals surface area (Å²) in [6, 6.07) is 15.7. The number of fused-ring (bicyclic) bond motifs is 3. The van der Waals surface area contributed by atoms with Crippen LogP contribution in [-0.2, 0) is 16.6 Å². The lowest BCUT2D eigenvalue weighted by molar-refractivity contribution is -0.142. The average molecular weight is 475 g/mol. The summed E-state index contributed by atoms with van der Waals surface area (Å²) in [5, 5.41) is 18.9. The number of aromatic nitrogens is 2. The number of nitrogens with zero attached hydrogens (tertiary/aromatic N) is 2. The molecular formula is C26H26N4O5. The summed E-state index contributed by atoms with van der Waals surface area (Å²) < 4.78 is 6.97. The quantitative estimate of drug-likeness (QED) is 0.500. The van der Waals surface area contributed by atoms with Gasteiger partial charge in [0.15, 0.2) is 5.82 Å². The Bertz CT molecular complexity index is 1250. The van der Waals surface area contributed by atoms with Gasteiger partial charge in [-0.1, -0.05) is 55.0 Å².